The summed E-state index contributed by atoms with van der Waals surface area (Å²) in [4.78, 5) is 2.75. The van der Waals surface area contributed by atoms with Gasteiger partial charge in [-0.1, -0.05) is 80.8 Å². The highest BCUT2D eigenvalue weighted by Gasteiger charge is 2.39. The molecule has 214 valence electrons. The largest absolute Gasteiger partial charge is 0.392 e. The number of rotatable bonds is 8. The summed E-state index contributed by atoms with van der Waals surface area (Å²) in [6.45, 7) is 5.22. The van der Waals surface area contributed by atoms with Crippen molar-refractivity contribution in [2.45, 2.75) is 69.0 Å². The van der Waals surface area contributed by atoms with Crippen molar-refractivity contribution in [1.29, 1.82) is 0 Å². The predicted molar refractivity (Wildman–Crippen MR) is 156 cm³/mol. The Morgan fingerprint density at radius 2 is 1.45 bits per heavy atom. The number of hydrogen-bond donors (Lipinski definition) is 2. The number of likely N-dealkylation sites (tertiary alicyclic amines) is 1. The number of hydrogen-bond acceptors (Lipinski definition) is 6. The lowest BCUT2D eigenvalue weighted by molar-refractivity contribution is -0.276. The van der Waals surface area contributed by atoms with Gasteiger partial charge in [-0.05, 0) is 61.3 Å². The molecule has 0 amide bonds. The molecule has 0 bridgehead atoms. The molecule has 2 N–H and O–H groups in total. The summed E-state index contributed by atoms with van der Waals surface area (Å²) in [7, 11) is -3.68. The standard InChI is InChI=1S/C32H40N2O5S/c1-24-30(22-34-20-8-3-2-4-9-21-34)38-32(39-31(24)26-14-12-25(23-35)13-15-26)27-16-18-28(19-17-27)33-40(36,37)29-10-6-5-7-11-29/h5-7,10-19,24,30-33,35H,2-4,8-9,20-23H2,1H3/t24-,30+,31+,32+/m0/s1. The number of aliphatic hydroxyl groups is 1. The molecule has 2 fully saturated rings. The maximum atomic E-state index is 12.8. The Bertz CT molecular complexity index is 1310. The van der Waals surface area contributed by atoms with Crippen LogP contribution in [0.4, 0.5) is 5.69 Å². The monoisotopic (exact) mass is 564 g/mol. The van der Waals surface area contributed by atoms with E-state index >= 15 is 0 Å². The molecule has 8 heteroatoms. The molecule has 7 nitrogen and oxygen atoms in total. The molecule has 0 aliphatic carbocycles. The number of anilines is 1. The highest BCUT2D eigenvalue weighted by Crippen LogP contribution is 2.42. The van der Waals surface area contributed by atoms with Crippen LogP contribution in [0.5, 0.6) is 0 Å². The van der Waals surface area contributed by atoms with E-state index in [0.717, 1.165) is 36.3 Å². The van der Waals surface area contributed by atoms with Crippen LogP contribution in [0.2, 0.25) is 0 Å². The zero-order chi connectivity index (χ0) is 28.0. The Morgan fingerprint density at radius 3 is 2.10 bits per heavy atom. The normalized spacial score (nSPS) is 24.6. The van der Waals surface area contributed by atoms with Crippen LogP contribution < -0.4 is 4.72 Å². The van der Waals surface area contributed by atoms with Crippen molar-refractivity contribution in [3.63, 3.8) is 0 Å². The molecule has 2 saturated heterocycles. The van der Waals surface area contributed by atoms with Crippen LogP contribution in [0, 0.1) is 5.92 Å². The summed E-state index contributed by atoms with van der Waals surface area (Å²) in [5.41, 5.74) is 3.24. The Balaban J connectivity index is 1.36. The molecule has 0 saturated carbocycles. The molecule has 0 radical (unpaired) electrons. The van der Waals surface area contributed by atoms with Gasteiger partial charge in [-0.2, -0.15) is 0 Å². The zero-order valence-electron chi connectivity index (χ0n) is 23.1. The van der Waals surface area contributed by atoms with Crippen molar-refractivity contribution in [1.82, 2.24) is 4.90 Å². The summed E-state index contributed by atoms with van der Waals surface area (Å²) >= 11 is 0. The second-order valence-corrected chi connectivity index (χ2v) is 12.6. The average Bonchev–Trinajstić information content (AvgIpc) is 2.96. The van der Waals surface area contributed by atoms with Crippen molar-refractivity contribution in [3.05, 3.63) is 95.6 Å². The number of ether oxygens (including phenoxy) is 2. The van der Waals surface area contributed by atoms with Crippen LogP contribution in [0.25, 0.3) is 0 Å². The van der Waals surface area contributed by atoms with Gasteiger partial charge in [-0.15, -0.1) is 0 Å². The second kappa shape index (κ2) is 13.3. The van der Waals surface area contributed by atoms with Crippen molar-refractivity contribution in [2.75, 3.05) is 24.4 Å². The fourth-order valence-corrected chi connectivity index (χ4v) is 6.68. The van der Waals surface area contributed by atoms with Gasteiger partial charge >= 0.3 is 0 Å². The first-order valence-corrected chi connectivity index (χ1v) is 15.8. The quantitative estimate of drug-likeness (QED) is 0.347. The number of nitrogens with one attached hydrogen (secondary N) is 1. The van der Waals surface area contributed by atoms with E-state index in [1.807, 2.05) is 36.4 Å². The van der Waals surface area contributed by atoms with Crippen LogP contribution in [0.3, 0.4) is 0 Å². The molecule has 0 aromatic heterocycles. The zero-order valence-corrected chi connectivity index (χ0v) is 23.9. The van der Waals surface area contributed by atoms with E-state index in [4.69, 9.17) is 9.47 Å². The lowest BCUT2D eigenvalue weighted by Gasteiger charge is -2.43. The molecule has 4 atom stereocenters. The van der Waals surface area contributed by atoms with Crippen LogP contribution >= 0.6 is 0 Å². The van der Waals surface area contributed by atoms with E-state index in [1.54, 1.807) is 42.5 Å². The second-order valence-electron chi connectivity index (χ2n) is 10.9. The fraction of sp³-hybridized carbons (Fsp3) is 0.438. The molecule has 2 aliphatic rings. The molecule has 2 aliphatic heterocycles. The topological polar surface area (TPSA) is 88.1 Å². The smallest absolute Gasteiger partial charge is 0.261 e. The molecular formula is C32H40N2O5S. The molecule has 5 rings (SSSR count). The maximum absolute atomic E-state index is 12.8. The van der Waals surface area contributed by atoms with E-state index in [2.05, 4.69) is 16.5 Å². The van der Waals surface area contributed by atoms with Gasteiger partial charge < -0.3 is 19.5 Å². The third kappa shape index (κ3) is 7.11. The van der Waals surface area contributed by atoms with E-state index in [-0.39, 0.29) is 29.6 Å². The van der Waals surface area contributed by atoms with Crippen molar-refractivity contribution >= 4 is 15.7 Å². The molecule has 3 aromatic rings. The highest BCUT2D eigenvalue weighted by atomic mass is 32.2. The summed E-state index contributed by atoms with van der Waals surface area (Å²) < 4.78 is 41.4. The third-order valence-corrected chi connectivity index (χ3v) is 9.40. The van der Waals surface area contributed by atoms with Gasteiger partial charge in [0.15, 0.2) is 6.29 Å². The van der Waals surface area contributed by atoms with Gasteiger partial charge in [-0.25, -0.2) is 8.42 Å². The van der Waals surface area contributed by atoms with E-state index in [1.165, 1.54) is 32.1 Å². The predicted octanol–water partition coefficient (Wildman–Crippen LogP) is 6.04. The molecule has 2 heterocycles. The summed E-state index contributed by atoms with van der Waals surface area (Å²) in [6, 6.07) is 23.5. The van der Waals surface area contributed by atoms with E-state index in [0.29, 0.717) is 5.69 Å². The number of nitrogens with zero attached hydrogens (tertiary/aromatic N) is 1. The van der Waals surface area contributed by atoms with Crippen molar-refractivity contribution in [2.24, 2.45) is 5.92 Å². The minimum atomic E-state index is -3.68. The number of aliphatic hydroxyl groups excluding tert-OH is 1. The first-order chi connectivity index (χ1) is 19.4. The van der Waals surface area contributed by atoms with Gasteiger partial charge in [0.1, 0.15) is 0 Å². The number of sulfonamides is 1. The molecule has 3 aromatic carbocycles. The summed E-state index contributed by atoms with van der Waals surface area (Å²) in [5, 5.41) is 9.51. The van der Waals surface area contributed by atoms with Gasteiger partial charge in [0, 0.05) is 23.7 Å². The Morgan fingerprint density at radius 1 is 0.825 bits per heavy atom. The van der Waals surface area contributed by atoms with Crippen LogP contribution in [0.15, 0.2) is 83.8 Å². The van der Waals surface area contributed by atoms with Crippen molar-refractivity contribution in [3.8, 4) is 0 Å². The summed E-state index contributed by atoms with van der Waals surface area (Å²) in [5.74, 6) is 0.124. The average molecular weight is 565 g/mol. The molecule has 40 heavy (non-hydrogen) atoms. The summed E-state index contributed by atoms with van der Waals surface area (Å²) in [6.07, 6.45) is 5.52. The highest BCUT2D eigenvalue weighted by molar-refractivity contribution is 7.92. The minimum Gasteiger partial charge on any atom is -0.392 e. The van der Waals surface area contributed by atoms with Crippen molar-refractivity contribution < 1.29 is 23.0 Å². The van der Waals surface area contributed by atoms with Gasteiger partial charge in [-0.3, -0.25) is 4.72 Å². The third-order valence-electron chi connectivity index (χ3n) is 8.00. The Kier molecular flexibility index (Phi) is 9.55. The van der Waals surface area contributed by atoms with E-state index < -0.39 is 16.3 Å². The van der Waals surface area contributed by atoms with Gasteiger partial charge in [0.25, 0.3) is 10.0 Å². The van der Waals surface area contributed by atoms with Crippen LogP contribution in [0.1, 0.15) is 68.1 Å². The van der Waals surface area contributed by atoms with Crippen LogP contribution in [-0.2, 0) is 26.1 Å². The molecule has 0 spiro atoms. The Labute approximate surface area is 238 Å². The lowest BCUT2D eigenvalue weighted by Crippen LogP contribution is -2.45. The lowest BCUT2D eigenvalue weighted by atomic mass is 9.89. The molecular weight excluding hydrogens is 524 g/mol. The Hall–Kier alpha value is -2.75. The first-order valence-electron chi connectivity index (χ1n) is 14.3. The SMILES string of the molecule is C[C@H]1[C@@H](CN2CCCCCCC2)O[C@@H](c2ccc(NS(=O)(=O)c3ccccc3)cc2)O[C@H]1c1ccc(CO)cc1. The van der Waals surface area contributed by atoms with Gasteiger partial charge in [0.05, 0.1) is 23.7 Å². The maximum Gasteiger partial charge on any atom is 0.261 e. The van der Waals surface area contributed by atoms with Gasteiger partial charge in [0.2, 0.25) is 0 Å². The first kappa shape index (κ1) is 28.8. The van der Waals surface area contributed by atoms with E-state index in [9.17, 15) is 13.5 Å². The number of benzene rings is 3. The van der Waals surface area contributed by atoms with Crippen LogP contribution in [-0.4, -0.2) is 44.2 Å². The minimum absolute atomic E-state index is 0.00501. The fourth-order valence-electron chi connectivity index (χ4n) is 5.60. The molecule has 0 unspecified atom stereocenters.